The fourth-order valence-electron chi connectivity index (χ4n) is 4.19. The first-order valence-corrected chi connectivity index (χ1v) is 11.2. The summed E-state index contributed by atoms with van der Waals surface area (Å²) in [5.74, 6) is 1.28. The van der Waals surface area contributed by atoms with Crippen LogP contribution in [0.15, 0.2) is 29.3 Å². The predicted molar refractivity (Wildman–Crippen MR) is 138 cm³/mol. The van der Waals surface area contributed by atoms with Gasteiger partial charge in [-0.05, 0) is 58.1 Å². The Morgan fingerprint density at radius 1 is 1.19 bits per heavy atom. The number of aliphatic imine (C=N–C) groups is 1. The van der Waals surface area contributed by atoms with Crippen LogP contribution in [0.1, 0.15) is 53.9 Å². The van der Waals surface area contributed by atoms with Gasteiger partial charge < -0.3 is 15.4 Å². The lowest BCUT2D eigenvalue weighted by Gasteiger charge is -2.31. The Morgan fingerprint density at radius 3 is 2.58 bits per heavy atom. The van der Waals surface area contributed by atoms with Crippen molar-refractivity contribution in [3.05, 3.63) is 52.3 Å². The van der Waals surface area contributed by atoms with E-state index in [9.17, 15) is 0 Å². The van der Waals surface area contributed by atoms with E-state index in [2.05, 4.69) is 67.7 Å². The van der Waals surface area contributed by atoms with E-state index in [4.69, 9.17) is 9.73 Å². The summed E-state index contributed by atoms with van der Waals surface area (Å²) in [5.41, 5.74) is 6.21. The molecule has 1 aliphatic heterocycles. The predicted octanol–water partition coefficient (Wildman–Crippen LogP) is 4.23. The maximum absolute atomic E-state index is 6.16. The number of hydrogen-bond donors (Lipinski definition) is 2. The zero-order valence-corrected chi connectivity index (χ0v) is 21.9. The van der Waals surface area contributed by atoms with Crippen LogP contribution < -0.4 is 10.6 Å². The molecule has 2 atom stereocenters. The second-order valence-electron chi connectivity index (χ2n) is 8.27. The summed E-state index contributed by atoms with van der Waals surface area (Å²) in [5, 5.41) is 11.4. The van der Waals surface area contributed by atoms with Crippen molar-refractivity contribution >= 4 is 29.9 Å². The average molecular weight is 540 g/mol. The van der Waals surface area contributed by atoms with E-state index >= 15 is 0 Å². The van der Waals surface area contributed by atoms with Crippen molar-refractivity contribution in [1.82, 2.24) is 20.4 Å². The Kier molecular flexibility index (Phi) is 10.3. The summed E-state index contributed by atoms with van der Waals surface area (Å²) in [4.78, 5) is 4.91. The molecule has 2 unspecified atom stereocenters. The molecule has 172 valence electrons. The Hall–Kier alpha value is -1.61. The third kappa shape index (κ3) is 6.94. The number of rotatable bonds is 7. The number of nitrogens with one attached hydrogen (secondary N) is 2. The molecule has 1 saturated heterocycles. The number of halogens is 1. The Bertz CT molecular complexity index is 846. The number of benzene rings is 1. The van der Waals surface area contributed by atoms with Gasteiger partial charge in [0.1, 0.15) is 0 Å². The van der Waals surface area contributed by atoms with Gasteiger partial charge >= 0.3 is 0 Å². The van der Waals surface area contributed by atoms with Crippen LogP contribution in [0.2, 0.25) is 0 Å². The molecule has 0 bridgehead atoms. The number of nitrogens with zero attached hydrogens (tertiary/aromatic N) is 3. The largest absolute Gasteiger partial charge is 0.373 e. The molecule has 2 heterocycles. The van der Waals surface area contributed by atoms with E-state index in [1.807, 2.05) is 11.7 Å². The lowest BCUT2D eigenvalue weighted by atomic mass is 9.89. The second kappa shape index (κ2) is 12.4. The maximum Gasteiger partial charge on any atom is 0.191 e. The lowest BCUT2D eigenvalue weighted by molar-refractivity contribution is -0.0250. The van der Waals surface area contributed by atoms with Gasteiger partial charge in [-0.1, -0.05) is 29.8 Å². The van der Waals surface area contributed by atoms with Crippen LogP contribution in [0.3, 0.4) is 0 Å². The molecule has 3 rings (SSSR count). The van der Waals surface area contributed by atoms with Crippen LogP contribution in [0.5, 0.6) is 0 Å². The highest BCUT2D eigenvalue weighted by molar-refractivity contribution is 14.0. The van der Waals surface area contributed by atoms with E-state index in [0.29, 0.717) is 5.92 Å². The third-order valence-corrected chi connectivity index (χ3v) is 6.01. The van der Waals surface area contributed by atoms with E-state index in [1.54, 1.807) is 0 Å². The summed E-state index contributed by atoms with van der Waals surface area (Å²) >= 11 is 0. The van der Waals surface area contributed by atoms with Gasteiger partial charge in [0.2, 0.25) is 0 Å². The van der Waals surface area contributed by atoms with Crippen molar-refractivity contribution in [2.75, 3.05) is 26.2 Å². The highest BCUT2D eigenvalue weighted by Gasteiger charge is 2.27. The molecule has 1 fully saturated rings. The zero-order chi connectivity index (χ0) is 21.5. The third-order valence-electron chi connectivity index (χ3n) is 6.01. The first kappa shape index (κ1) is 25.6. The number of aromatic nitrogens is 2. The molecule has 1 aromatic heterocycles. The molecule has 2 N–H and O–H groups in total. The minimum absolute atomic E-state index is 0. The average Bonchev–Trinajstić information content (AvgIpc) is 2.98. The summed E-state index contributed by atoms with van der Waals surface area (Å²) < 4.78 is 8.11. The number of ether oxygens (including phenoxy) is 1. The summed E-state index contributed by atoms with van der Waals surface area (Å²) in [6, 6.07) is 8.73. The minimum Gasteiger partial charge on any atom is -0.373 e. The van der Waals surface area contributed by atoms with Crippen LogP contribution in [0, 0.1) is 26.7 Å². The first-order valence-electron chi connectivity index (χ1n) is 11.2. The zero-order valence-electron chi connectivity index (χ0n) is 19.6. The standard InChI is InChI=1S/C24H37N5O.HI/c1-6-25-24(26-14-13-22-18(3)28-29(5)19(22)4)27-16-21-8-7-15-30-23(21)20-11-9-17(2)10-12-20;/h9-12,21,23H,6-8,13-16H2,1-5H3,(H2,25,26,27);1H. The molecule has 0 radical (unpaired) electrons. The van der Waals surface area contributed by atoms with Gasteiger partial charge in [-0.3, -0.25) is 9.67 Å². The van der Waals surface area contributed by atoms with Crippen LogP contribution in [-0.2, 0) is 18.2 Å². The topological polar surface area (TPSA) is 63.5 Å². The number of hydrogen-bond acceptors (Lipinski definition) is 3. The van der Waals surface area contributed by atoms with Crippen molar-refractivity contribution in [1.29, 1.82) is 0 Å². The van der Waals surface area contributed by atoms with Crippen molar-refractivity contribution in [2.24, 2.45) is 18.0 Å². The molecule has 6 nitrogen and oxygen atoms in total. The van der Waals surface area contributed by atoms with Crippen LogP contribution in [-0.4, -0.2) is 42.0 Å². The fraction of sp³-hybridized carbons (Fsp3) is 0.583. The van der Waals surface area contributed by atoms with Crippen molar-refractivity contribution in [3.8, 4) is 0 Å². The molecule has 0 saturated carbocycles. The lowest BCUT2D eigenvalue weighted by Crippen LogP contribution is -2.39. The molecule has 31 heavy (non-hydrogen) atoms. The van der Waals surface area contributed by atoms with Crippen LogP contribution in [0.4, 0.5) is 0 Å². The summed E-state index contributed by atoms with van der Waals surface area (Å²) in [6.45, 7) is 11.7. The van der Waals surface area contributed by atoms with Gasteiger partial charge in [0.05, 0.1) is 11.8 Å². The fourth-order valence-corrected chi connectivity index (χ4v) is 4.19. The van der Waals surface area contributed by atoms with Crippen molar-refractivity contribution in [3.63, 3.8) is 0 Å². The van der Waals surface area contributed by atoms with E-state index in [0.717, 1.165) is 57.2 Å². The molecular formula is C24H38IN5O. The van der Waals surface area contributed by atoms with Gasteiger partial charge in [0.25, 0.3) is 0 Å². The minimum atomic E-state index is 0. The molecule has 0 spiro atoms. The molecular weight excluding hydrogens is 501 g/mol. The highest BCUT2D eigenvalue weighted by Crippen LogP contribution is 2.33. The molecule has 7 heteroatoms. The van der Waals surface area contributed by atoms with Gasteiger partial charge in [-0.25, -0.2) is 0 Å². The second-order valence-corrected chi connectivity index (χ2v) is 8.27. The number of aryl methyl sites for hydroxylation is 3. The van der Waals surface area contributed by atoms with Crippen LogP contribution >= 0.6 is 24.0 Å². The quantitative estimate of drug-likeness (QED) is 0.314. The number of guanidine groups is 1. The Labute approximate surface area is 204 Å². The maximum atomic E-state index is 6.16. The highest BCUT2D eigenvalue weighted by atomic mass is 127. The normalized spacial score (nSPS) is 19.1. The van der Waals surface area contributed by atoms with Crippen molar-refractivity contribution < 1.29 is 4.74 Å². The Balaban J connectivity index is 0.00000341. The van der Waals surface area contributed by atoms with Gasteiger partial charge in [-0.15, -0.1) is 24.0 Å². The first-order chi connectivity index (χ1) is 14.5. The van der Waals surface area contributed by atoms with Crippen molar-refractivity contribution in [2.45, 2.75) is 53.1 Å². The Morgan fingerprint density at radius 2 is 1.94 bits per heavy atom. The summed E-state index contributed by atoms with van der Waals surface area (Å²) in [7, 11) is 2.00. The van der Waals surface area contributed by atoms with E-state index < -0.39 is 0 Å². The SMILES string of the molecule is CCNC(=NCC1CCCOC1c1ccc(C)cc1)NCCc1c(C)nn(C)c1C.I. The van der Waals surface area contributed by atoms with Crippen LogP contribution in [0.25, 0.3) is 0 Å². The van der Waals surface area contributed by atoms with Gasteiger partial charge in [0, 0.05) is 44.9 Å². The van der Waals surface area contributed by atoms with E-state index in [-0.39, 0.29) is 30.1 Å². The molecule has 0 amide bonds. The van der Waals surface area contributed by atoms with E-state index in [1.165, 1.54) is 22.4 Å². The smallest absolute Gasteiger partial charge is 0.191 e. The molecule has 1 aromatic carbocycles. The van der Waals surface area contributed by atoms with Gasteiger partial charge in [0.15, 0.2) is 5.96 Å². The molecule has 1 aliphatic rings. The molecule has 2 aromatic rings. The molecule has 0 aliphatic carbocycles. The monoisotopic (exact) mass is 539 g/mol. The summed E-state index contributed by atoms with van der Waals surface area (Å²) in [6.07, 6.45) is 3.32. The van der Waals surface area contributed by atoms with Gasteiger partial charge in [-0.2, -0.15) is 5.10 Å².